The van der Waals surface area contributed by atoms with Crippen LogP contribution in [-0.4, -0.2) is 19.2 Å². The van der Waals surface area contributed by atoms with Crippen LogP contribution in [-0.2, 0) is 16.0 Å². The van der Waals surface area contributed by atoms with E-state index in [4.69, 9.17) is 4.74 Å². The smallest absolute Gasteiger partial charge is 0.384 e. The van der Waals surface area contributed by atoms with Crippen molar-refractivity contribution in [3.63, 3.8) is 0 Å². The van der Waals surface area contributed by atoms with Gasteiger partial charge in [-0.1, -0.05) is 18.2 Å². The summed E-state index contributed by atoms with van der Waals surface area (Å²) in [6, 6.07) is 7.76. The summed E-state index contributed by atoms with van der Waals surface area (Å²) in [7, 11) is 1.31. The highest BCUT2D eigenvalue weighted by molar-refractivity contribution is 5.88. The molecule has 0 saturated heterocycles. The van der Waals surface area contributed by atoms with Gasteiger partial charge in [0.1, 0.15) is 5.75 Å². The van der Waals surface area contributed by atoms with Gasteiger partial charge in [-0.25, -0.2) is 4.79 Å². The number of hydrogen-bond donors (Lipinski definition) is 0. The lowest BCUT2D eigenvalue weighted by Gasteiger charge is -2.00. The van der Waals surface area contributed by atoms with Crippen LogP contribution in [0.2, 0.25) is 0 Å². The second-order valence-electron chi connectivity index (χ2n) is 3.18. The molecule has 2 rings (SSSR count). The molecule has 0 amide bonds. The van der Waals surface area contributed by atoms with Crippen LogP contribution >= 0.6 is 0 Å². The Hall–Kier alpha value is -1.95. The van der Waals surface area contributed by atoms with Gasteiger partial charge in [-0.3, -0.25) is 0 Å². The van der Waals surface area contributed by atoms with Crippen molar-refractivity contribution in [3.8, 4) is 17.6 Å². The molecule has 3 heteroatoms. The van der Waals surface area contributed by atoms with Crippen LogP contribution in [0.4, 0.5) is 0 Å². The molecular formula is C12H10O3. The van der Waals surface area contributed by atoms with Crippen LogP contribution in [0.5, 0.6) is 5.75 Å². The Labute approximate surface area is 88.0 Å². The first-order chi connectivity index (χ1) is 7.29. The largest absolute Gasteiger partial charge is 0.477 e. The summed E-state index contributed by atoms with van der Waals surface area (Å²) < 4.78 is 9.94. The third-order valence-corrected chi connectivity index (χ3v) is 2.17. The van der Waals surface area contributed by atoms with Crippen molar-refractivity contribution in [2.45, 2.75) is 12.5 Å². The lowest BCUT2D eigenvalue weighted by atomic mass is 10.1. The summed E-state index contributed by atoms with van der Waals surface area (Å²) in [6.45, 7) is 0. The fraction of sp³-hybridized carbons (Fsp3) is 0.250. The SMILES string of the molecule is COC(=O)C#CC1Cc2ccccc2O1. The number of carbonyl (C=O) groups excluding carboxylic acids is 1. The van der Waals surface area contributed by atoms with E-state index in [9.17, 15) is 4.79 Å². The molecule has 0 aromatic heterocycles. The second kappa shape index (κ2) is 4.05. The Bertz CT molecular complexity index is 415. The van der Waals surface area contributed by atoms with Gasteiger partial charge in [-0.15, -0.1) is 0 Å². The third kappa shape index (κ3) is 2.10. The van der Waals surface area contributed by atoms with Crippen molar-refractivity contribution >= 4 is 5.97 Å². The van der Waals surface area contributed by atoms with Crippen molar-refractivity contribution in [1.82, 2.24) is 0 Å². The van der Waals surface area contributed by atoms with Crippen LogP contribution in [0.3, 0.4) is 0 Å². The summed E-state index contributed by atoms with van der Waals surface area (Å²) in [6.07, 6.45) is 0.488. The molecule has 1 aromatic carbocycles. The highest BCUT2D eigenvalue weighted by Crippen LogP contribution is 2.27. The normalized spacial score (nSPS) is 17.0. The van der Waals surface area contributed by atoms with Gasteiger partial charge in [0.05, 0.1) is 7.11 Å². The fourth-order valence-electron chi connectivity index (χ4n) is 1.45. The molecule has 1 aliphatic rings. The first kappa shape index (κ1) is 9.60. The number of fused-ring (bicyclic) bond motifs is 1. The van der Waals surface area contributed by atoms with Gasteiger partial charge >= 0.3 is 5.97 Å². The Kier molecular flexibility index (Phi) is 2.59. The number of methoxy groups -OCH3 is 1. The van der Waals surface area contributed by atoms with Gasteiger partial charge < -0.3 is 9.47 Å². The maximum Gasteiger partial charge on any atom is 0.384 e. The van der Waals surface area contributed by atoms with Crippen molar-refractivity contribution in [3.05, 3.63) is 29.8 Å². The highest BCUT2D eigenvalue weighted by atomic mass is 16.5. The van der Waals surface area contributed by atoms with Gasteiger partial charge in [0.25, 0.3) is 0 Å². The zero-order valence-electron chi connectivity index (χ0n) is 8.32. The van der Waals surface area contributed by atoms with Gasteiger partial charge in [0.15, 0.2) is 6.10 Å². The zero-order chi connectivity index (χ0) is 10.7. The number of hydrogen-bond acceptors (Lipinski definition) is 3. The minimum atomic E-state index is -0.533. The lowest BCUT2D eigenvalue weighted by molar-refractivity contribution is -0.133. The van der Waals surface area contributed by atoms with E-state index in [1.54, 1.807) is 0 Å². The molecule has 1 heterocycles. The quantitative estimate of drug-likeness (QED) is 0.360. The lowest BCUT2D eigenvalue weighted by Crippen LogP contribution is -2.10. The van der Waals surface area contributed by atoms with Crippen molar-refractivity contribution in [1.29, 1.82) is 0 Å². The van der Waals surface area contributed by atoms with Crippen molar-refractivity contribution < 1.29 is 14.3 Å². The van der Waals surface area contributed by atoms with E-state index in [-0.39, 0.29) is 6.10 Å². The number of benzene rings is 1. The molecule has 0 saturated carbocycles. The topological polar surface area (TPSA) is 35.5 Å². The first-order valence-electron chi connectivity index (χ1n) is 4.63. The van der Waals surface area contributed by atoms with Crippen LogP contribution in [0, 0.1) is 11.8 Å². The molecule has 0 radical (unpaired) electrons. The molecule has 0 N–H and O–H groups in total. The van der Waals surface area contributed by atoms with Gasteiger partial charge in [0, 0.05) is 12.3 Å². The number of para-hydroxylation sites is 1. The van der Waals surface area contributed by atoms with Crippen LogP contribution in [0.1, 0.15) is 5.56 Å². The molecule has 3 nitrogen and oxygen atoms in total. The molecule has 0 spiro atoms. The molecule has 1 unspecified atom stereocenters. The average Bonchev–Trinajstić information content (AvgIpc) is 2.68. The minimum Gasteiger partial charge on any atom is -0.477 e. The number of ether oxygens (including phenoxy) is 2. The average molecular weight is 202 g/mol. The second-order valence-corrected chi connectivity index (χ2v) is 3.18. The molecule has 1 aromatic rings. The van der Waals surface area contributed by atoms with E-state index >= 15 is 0 Å². The van der Waals surface area contributed by atoms with E-state index < -0.39 is 5.97 Å². The molecular weight excluding hydrogens is 192 g/mol. The van der Waals surface area contributed by atoms with Crippen molar-refractivity contribution in [2.24, 2.45) is 0 Å². The van der Waals surface area contributed by atoms with Crippen LogP contribution < -0.4 is 4.74 Å². The zero-order valence-corrected chi connectivity index (χ0v) is 8.32. The maximum absolute atomic E-state index is 10.8. The number of esters is 1. The monoisotopic (exact) mass is 202 g/mol. The third-order valence-electron chi connectivity index (χ3n) is 2.17. The highest BCUT2D eigenvalue weighted by Gasteiger charge is 2.20. The van der Waals surface area contributed by atoms with Crippen LogP contribution in [0.25, 0.3) is 0 Å². The Morgan fingerprint density at radius 1 is 1.53 bits per heavy atom. The molecule has 1 aliphatic heterocycles. The molecule has 0 aliphatic carbocycles. The van der Waals surface area contributed by atoms with Gasteiger partial charge in [-0.2, -0.15) is 0 Å². The van der Waals surface area contributed by atoms with Gasteiger partial charge in [-0.05, 0) is 17.6 Å². The number of rotatable bonds is 0. The molecule has 0 fully saturated rings. The van der Waals surface area contributed by atoms with Crippen LogP contribution in [0.15, 0.2) is 24.3 Å². The van der Waals surface area contributed by atoms with E-state index in [2.05, 4.69) is 16.6 Å². The Morgan fingerprint density at radius 2 is 2.33 bits per heavy atom. The Balaban J connectivity index is 2.07. The predicted molar refractivity (Wildman–Crippen MR) is 54.4 cm³/mol. The summed E-state index contributed by atoms with van der Waals surface area (Å²) in [5.74, 6) is 5.42. The van der Waals surface area contributed by atoms with E-state index in [0.717, 1.165) is 17.7 Å². The summed E-state index contributed by atoms with van der Waals surface area (Å²) in [4.78, 5) is 10.8. The Morgan fingerprint density at radius 3 is 3.07 bits per heavy atom. The molecule has 76 valence electrons. The number of carbonyl (C=O) groups is 1. The molecule has 0 bridgehead atoms. The summed E-state index contributed by atoms with van der Waals surface area (Å²) in [5, 5.41) is 0. The fourth-order valence-corrected chi connectivity index (χ4v) is 1.45. The van der Waals surface area contributed by atoms with E-state index in [0.29, 0.717) is 0 Å². The summed E-state index contributed by atoms with van der Waals surface area (Å²) in [5.41, 5.74) is 1.13. The van der Waals surface area contributed by atoms with E-state index in [1.165, 1.54) is 7.11 Å². The standard InChI is InChI=1S/C12H10O3/c1-14-12(13)7-6-10-8-9-4-2-3-5-11(9)15-10/h2-5,10H,8H2,1H3. The summed E-state index contributed by atoms with van der Waals surface area (Å²) >= 11 is 0. The molecule has 15 heavy (non-hydrogen) atoms. The van der Waals surface area contributed by atoms with E-state index in [1.807, 2.05) is 24.3 Å². The minimum absolute atomic E-state index is 0.235. The maximum atomic E-state index is 10.8. The van der Waals surface area contributed by atoms with Crippen molar-refractivity contribution in [2.75, 3.05) is 7.11 Å². The first-order valence-corrected chi connectivity index (χ1v) is 4.63. The molecule has 1 atom stereocenters. The predicted octanol–water partition coefficient (Wildman–Crippen LogP) is 1.17. The van der Waals surface area contributed by atoms with Gasteiger partial charge in [0.2, 0.25) is 0 Å².